The summed E-state index contributed by atoms with van der Waals surface area (Å²) in [6, 6.07) is 20.3. The Balaban J connectivity index is 1.83. The second-order valence-corrected chi connectivity index (χ2v) is 5.06. The van der Waals surface area contributed by atoms with Crippen LogP contribution < -0.4 is 5.56 Å². The minimum Gasteiger partial charge on any atom is -0.387 e. The molecule has 22 heavy (non-hydrogen) atoms. The fourth-order valence-corrected chi connectivity index (χ4v) is 2.30. The molecule has 3 rings (SSSR count). The number of aliphatic hydroxyl groups is 1. The van der Waals surface area contributed by atoms with Crippen molar-refractivity contribution in [1.82, 2.24) is 9.55 Å². The van der Waals surface area contributed by atoms with Crippen LogP contribution in [-0.4, -0.2) is 14.7 Å². The average molecular weight is 292 g/mol. The first-order valence-electron chi connectivity index (χ1n) is 7.09. The van der Waals surface area contributed by atoms with Crippen LogP contribution in [0.1, 0.15) is 11.7 Å². The molecule has 0 radical (unpaired) electrons. The molecule has 2 aromatic carbocycles. The third-order valence-corrected chi connectivity index (χ3v) is 3.50. The molecular formula is C18H16N2O2. The van der Waals surface area contributed by atoms with Gasteiger partial charge in [0.05, 0.1) is 24.7 Å². The van der Waals surface area contributed by atoms with E-state index < -0.39 is 6.10 Å². The van der Waals surface area contributed by atoms with E-state index in [0.717, 1.165) is 11.1 Å². The summed E-state index contributed by atoms with van der Waals surface area (Å²) in [6.07, 6.45) is 0.750. The van der Waals surface area contributed by atoms with Gasteiger partial charge in [-0.1, -0.05) is 60.7 Å². The summed E-state index contributed by atoms with van der Waals surface area (Å²) in [6.45, 7) is 0.185. The molecule has 4 nitrogen and oxygen atoms in total. The molecule has 0 spiro atoms. The van der Waals surface area contributed by atoms with Gasteiger partial charge in [0.15, 0.2) is 0 Å². The highest BCUT2D eigenvalue weighted by molar-refractivity contribution is 5.57. The van der Waals surface area contributed by atoms with Gasteiger partial charge in [0.25, 0.3) is 5.56 Å². The predicted molar refractivity (Wildman–Crippen MR) is 85.3 cm³/mol. The van der Waals surface area contributed by atoms with E-state index in [1.54, 1.807) is 0 Å². The van der Waals surface area contributed by atoms with Crippen LogP contribution in [0.3, 0.4) is 0 Å². The first-order chi connectivity index (χ1) is 10.7. The second-order valence-electron chi connectivity index (χ2n) is 5.06. The van der Waals surface area contributed by atoms with E-state index in [1.807, 2.05) is 60.7 Å². The van der Waals surface area contributed by atoms with Crippen molar-refractivity contribution in [3.63, 3.8) is 0 Å². The van der Waals surface area contributed by atoms with Crippen LogP contribution in [0.15, 0.2) is 77.9 Å². The van der Waals surface area contributed by atoms with Crippen molar-refractivity contribution in [3.8, 4) is 11.3 Å². The van der Waals surface area contributed by atoms with Crippen molar-refractivity contribution in [2.45, 2.75) is 12.6 Å². The lowest BCUT2D eigenvalue weighted by Crippen LogP contribution is -2.23. The van der Waals surface area contributed by atoms with Crippen molar-refractivity contribution in [2.24, 2.45) is 0 Å². The molecule has 0 fully saturated rings. The smallest absolute Gasteiger partial charge is 0.253 e. The maximum atomic E-state index is 12.2. The van der Waals surface area contributed by atoms with E-state index in [0.29, 0.717) is 5.69 Å². The summed E-state index contributed by atoms with van der Waals surface area (Å²) in [7, 11) is 0. The lowest BCUT2D eigenvalue weighted by Gasteiger charge is -2.13. The first kappa shape index (κ1) is 14.2. The number of hydrogen-bond donors (Lipinski definition) is 1. The van der Waals surface area contributed by atoms with Gasteiger partial charge in [0.2, 0.25) is 0 Å². The molecule has 1 atom stereocenters. The molecule has 3 aromatic rings. The normalized spacial score (nSPS) is 12.0. The van der Waals surface area contributed by atoms with Gasteiger partial charge in [-0.15, -0.1) is 0 Å². The van der Waals surface area contributed by atoms with Crippen molar-refractivity contribution < 1.29 is 5.11 Å². The van der Waals surface area contributed by atoms with Gasteiger partial charge in [-0.2, -0.15) is 0 Å². The summed E-state index contributed by atoms with van der Waals surface area (Å²) < 4.78 is 1.42. The molecule has 110 valence electrons. The number of hydrogen-bond acceptors (Lipinski definition) is 3. The predicted octanol–water partition coefficient (Wildman–Crippen LogP) is 2.64. The zero-order valence-corrected chi connectivity index (χ0v) is 12.0. The van der Waals surface area contributed by atoms with Crippen molar-refractivity contribution in [2.75, 3.05) is 0 Å². The minimum atomic E-state index is -0.733. The van der Waals surface area contributed by atoms with E-state index in [4.69, 9.17) is 0 Å². The lowest BCUT2D eigenvalue weighted by molar-refractivity contribution is 0.154. The number of nitrogens with zero attached hydrogens (tertiary/aromatic N) is 2. The second kappa shape index (κ2) is 6.37. The van der Waals surface area contributed by atoms with Crippen LogP contribution in [0, 0.1) is 0 Å². The van der Waals surface area contributed by atoms with Gasteiger partial charge in [0, 0.05) is 11.6 Å². The van der Waals surface area contributed by atoms with E-state index >= 15 is 0 Å². The molecule has 0 aliphatic carbocycles. The molecule has 1 aromatic heterocycles. The Kier molecular flexibility index (Phi) is 4.12. The highest BCUT2D eigenvalue weighted by Crippen LogP contribution is 2.15. The third kappa shape index (κ3) is 3.13. The number of aromatic nitrogens is 2. The molecule has 0 saturated carbocycles. The molecule has 0 unspecified atom stereocenters. The maximum Gasteiger partial charge on any atom is 0.253 e. The van der Waals surface area contributed by atoms with Gasteiger partial charge < -0.3 is 5.11 Å². The van der Waals surface area contributed by atoms with Gasteiger partial charge in [0.1, 0.15) is 0 Å². The summed E-state index contributed by atoms with van der Waals surface area (Å²) >= 11 is 0. The summed E-state index contributed by atoms with van der Waals surface area (Å²) in [5.41, 5.74) is 2.14. The quantitative estimate of drug-likeness (QED) is 0.804. The van der Waals surface area contributed by atoms with E-state index in [-0.39, 0.29) is 12.1 Å². The molecule has 4 heteroatoms. The van der Waals surface area contributed by atoms with Crippen LogP contribution in [0.5, 0.6) is 0 Å². The molecule has 0 bridgehead atoms. The topological polar surface area (TPSA) is 55.1 Å². The van der Waals surface area contributed by atoms with Crippen LogP contribution in [0.25, 0.3) is 11.3 Å². The molecule has 0 saturated heterocycles. The zero-order chi connectivity index (χ0) is 15.4. The van der Waals surface area contributed by atoms with Crippen LogP contribution in [0.2, 0.25) is 0 Å². The third-order valence-electron chi connectivity index (χ3n) is 3.50. The standard InChI is InChI=1S/C18H16N2O2/c21-17(15-9-5-2-6-10-15)12-20-13-19-16(11-18(20)22)14-7-3-1-4-8-14/h1-11,13,17,21H,12H2/t17-/m1/s1. The Labute approximate surface area is 128 Å². The van der Waals surface area contributed by atoms with Crippen molar-refractivity contribution in [1.29, 1.82) is 0 Å². The van der Waals surface area contributed by atoms with Gasteiger partial charge in [-0.3, -0.25) is 9.36 Å². The summed E-state index contributed by atoms with van der Waals surface area (Å²) in [5, 5.41) is 10.2. The fourth-order valence-electron chi connectivity index (χ4n) is 2.30. The Morgan fingerprint density at radius 3 is 2.27 bits per heavy atom. The van der Waals surface area contributed by atoms with Gasteiger partial charge >= 0.3 is 0 Å². The number of rotatable bonds is 4. The molecule has 0 amide bonds. The average Bonchev–Trinajstić information content (AvgIpc) is 2.58. The fraction of sp³-hybridized carbons (Fsp3) is 0.111. The van der Waals surface area contributed by atoms with Gasteiger partial charge in [-0.25, -0.2) is 4.98 Å². The zero-order valence-electron chi connectivity index (χ0n) is 12.0. The first-order valence-corrected chi connectivity index (χ1v) is 7.09. The molecular weight excluding hydrogens is 276 g/mol. The number of benzene rings is 2. The summed E-state index contributed by atoms with van der Waals surface area (Å²) in [4.78, 5) is 16.5. The highest BCUT2D eigenvalue weighted by Gasteiger charge is 2.10. The monoisotopic (exact) mass is 292 g/mol. The van der Waals surface area contributed by atoms with E-state index in [2.05, 4.69) is 4.98 Å². The largest absolute Gasteiger partial charge is 0.387 e. The van der Waals surface area contributed by atoms with Crippen molar-refractivity contribution >= 4 is 0 Å². The summed E-state index contributed by atoms with van der Waals surface area (Å²) in [5.74, 6) is 0. The minimum absolute atomic E-state index is 0.177. The van der Waals surface area contributed by atoms with Crippen molar-refractivity contribution in [3.05, 3.63) is 89.0 Å². The Hall–Kier alpha value is -2.72. The van der Waals surface area contributed by atoms with Crippen LogP contribution in [0.4, 0.5) is 0 Å². The molecule has 1 N–H and O–H groups in total. The van der Waals surface area contributed by atoms with Crippen LogP contribution in [-0.2, 0) is 6.54 Å². The van der Waals surface area contributed by atoms with E-state index in [9.17, 15) is 9.90 Å². The van der Waals surface area contributed by atoms with Gasteiger partial charge in [-0.05, 0) is 5.56 Å². The van der Waals surface area contributed by atoms with E-state index in [1.165, 1.54) is 17.0 Å². The Morgan fingerprint density at radius 2 is 1.64 bits per heavy atom. The Bertz CT molecular complexity index is 798. The molecule has 1 heterocycles. The lowest BCUT2D eigenvalue weighted by atomic mass is 10.1. The number of aliphatic hydroxyl groups excluding tert-OH is 1. The Morgan fingerprint density at radius 1 is 1.00 bits per heavy atom. The van der Waals surface area contributed by atoms with Crippen LogP contribution >= 0.6 is 0 Å². The maximum absolute atomic E-state index is 12.2. The molecule has 0 aliphatic rings. The highest BCUT2D eigenvalue weighted by atomic mass is 16.3. The molecule has 0 aliphatic heterocycles. The SMILES string of the molecule is O=c1cc(-c2ccccc2)ncn1C[C@@H](O)c1ccccc1.